The number of nitrogens with zero attached hydrogens (tertiary/aromatic N) is 1. The fourth-order valence-corrected chi connectivity index (χ4v) is 2.20. The molecule has 0 spiro atoms. The molecule has 0 atom stereocenters. The van der Waals surface area contributed by atoms with Gasteiger partial charge in [0.25, 0.3) is 0 Å². The van der Waals surface area contributed by atoms with Crippen molar-refractivity contribution in [1.82, 2.24) is 4.90 Å². The Labute approximate surface area is 67.5 Å². The van der Waals surface area contributed by atoms with Crippen LogP contribution >= 0.6 is 0 Å². The summed E-state index contributed by atoms with van der Waals surface area (Å²) in [5.41, 5.74) is 1.48. The Kier molecular flexibility index (Phi) is 1.96. The van der Waals surface area contributed by atoms with Gasteiger partial charge < -0.3 is 5.11 Å². The van der Waals surface area contributed by atoms with Crippen molar-refractivity contribution >= 4 is 0 Å². The maximum absolute atomic E-state index is 8.75. The smallest absolute Gasteiger partial charge is 0.0615 e. The van der Waals surface area contributed by atoms with Gasteiger partial charge in [-0.15, -0.1) is 0 Å². The molecule has 0 unspecified atom stereocenters. The lowest BCUT2D eigenvalue weighted by atomic mass is 9.84. The van der Waals surface area contributed by atoms with Crippen molar-refractivity contribution in [2.24, 2.45) is 5.92 Å². The third-order valence-corrected chi connectivity index (χ3v) is 2.87. The first-order valence-electron chi connectivity index (χ1n) is 4.42. The second-order valence-electron chi connectivity index (χ2n) is 3.51. The maximum atomic E-state index is 8.75. The number of rotatable bonds is 1. The van der Waals surface area contributed by atoms with Crippen LogP contribution in [0, 0.1) is 5.92 Å². The Hall–Kier alpha value is -0.340. The van der Waals surface area contributed by atoms with E-state index in [1.807, 2.05) is 6.08 Å². The van der Waals surface area contributed by atoms with E-state index in [2.05, 4.69) is 4.90 Å². The van der Waals surface area contributed by atoms with Crippen molar-refractivity contribution in [3.8, 4) is 0 Å². The Balaban J connectivity index is 2.08. The van der Waals surface area contributed by atoms with E-state index in [0.717, 1.165) is 12.5 Å². The van der Waals surface area contributed by atoms with Gasteiger partial charge in [0.15, 0.2) is 0 Å². The van der Waals surface area contributed by atoms with Gasteiger partial charge in [0, 0.05) is 6.54 Å². The molecule has 11 heavy (non-hydrogen) atoms. The highest BCUT2D eigenvalue weighted by molar-refractivity contribution is 5.14. The second-order valence-corrected chi connectivity index (χ2v) is 3.51. The monoisotopic (exact) mass is 153 g/mol. The molecule has 3 aliphatic rings. The van der Waals surface area contributed by atoms with E-state index in [1.165, 1.54) is 31.5 Å². The molecule has 0 amide bonds. The summed E-state index contributed by atoms with van der Waals surface area (Å²) in [5.74, 6) is 0.798. The zero-order chi connectivity index (χ0) is 7.68. The summed E-state index contributed by atoms with van der Waals surface area (Å²) in [6, 6.07) is 0. The molecule has 3 heterocycles. The quantitative estimate of drug-likeness (QED) is 0.558. The van der Waals surface area contributed by atoms with Crippen molar-refractivity contribution in [2.45, 2.75) is 12.8 Å². The van der Waals surface area contributed by atoms with Crippen LogP contribution < -0.4 is 0 Å². The number of hydrogen-bond donors (Lipinski definition) is 1. The van der Waals surface area contributed by atoms with Gasteiger partial charge in [-0.1, -0.05) is 11.6 Å². The van der Waals surface area contributed by atoms with Crippen molar-refractivity contribution in [2.75, 3.05) is 26.2 Å². The number of aliphatic hydroxyl groups excluding tert-OH is 1. The van der Waals surface area contributed by atoms with E-state index in [9.17, 15) is 0 Å². The lowest BCUT2D eigenvalue weighted by Gasteiger charge is -2.41. The van der Waals surface area contributed by atoms with E-state index >= 15 is 0 Å². The molecule has 3 saturated heterocycles. The molecule has 3 rings (SSSR count). The number of hydrogen-bond acceptors (Lipinski definition) is 2. The standard InChI is InChI=1S/C9H15NO/c11-6-3-9-7-10-4-1-8(9)2-5-10/h3,8,11H,1-2,4-7H2/b9-3-. The molecule has 3 aliphatic heterocycles. The topological polar surface area (TPSA) is 23.5 Å². The highest BCUT2D eigenvalue weighted by Gasteiger charge is 2.28. The van der Waals surface area contributed by atoms with Crippen LogP contribution in [0.25, 0.3) is 0 Å². The van der Waals surface area contributed by atoms with Crippen LogP contribution in [0.5, 0.6) is 0 Å². The molecule has 2 nitrogen and oxygen atoms in total. The lowest BCUT2D eigenvalue weighted by molar-refractivity contribution is 0.160. The summed E-state index contributed by atoms with van der Waals surface area (Å²) in [4.78, 5) is 2.47. The molecule has 0 aliphatic carbocycles. The summed E-state index contributed by atoms with van der Waals surface area (Å²) in [5, 5.41) is 8.75. The van der Waals surface area contributed by atoms with Gasteiger partial charge in [-0.3, -0.25) is 4.90 Å². The maximum Gasteiger partial charge on any atom is 0.0615 e. The van der Waals surface area contributed by atoms with Crippen LogP contribution in [0.4, 0.5) is 0 Å². The van der Waals surface area contributed by atoms with Gasteiger partial charge in [0.1, 0.15) is 0 Å². The van der Waals surface area contributed by atoms with Gasteiger partial charge in [-0.2, -0.15) is 0 Å². The molecule has 62 valence electrons. The molecular formula is C9H15NO. The Morgan fingerprint density at radius 2 is 2.18 bits per heavy atom. The zero-order valence-electron chi connectivity index (χ0n) is 6.79. The fraction of sp³-hybridized carbons (Fsp3) is 0.778. The molecule has 0 radical (unpaired) electrons. The second kappa shape index (κ2) is 2.95. The molecule has 0 saturated carbocycles. The van der Waals surface area contributed by atoms with Gasteiger partial charge >= 0.3 is 0 Å². The summed E-state index contributed by atoms with van der Waals surface area (Å²) < 4.78 is 0. The minimum Gasteiger partial charge on any atom is -0.392 e. The molecule has 2 bridgehead atoms. The van der Waals surface area contributed by atoms with E-state index in [-0.39, 0.29) is 6.61 Å². The zero-order valence-corrected chi connectivity index (χ0v) is 6.79. The average molecular weight is 153 g/mol. The third-order valence-electron chi connectivity index (χ3n) is 2.87. The van der Waals surface area contributed by atoms with Crippen molar-refractivity contribution < 1.29 is 5.11 Å². The number of fused-ring (bicyclic) bond motifs is 3. The van der Waals surface area contributed by atoms with Crippen LogP contribution in [0.15, 0.2) is 11.6 Å². The fourth-order valence-electron chi connectivity index (χ4n) is 2.20. The van der Waals surface area contributed by atoms with Gasteiger partial charge in [-0.25, -0.2) is 0 Å². The van der Waals surface area contributed by atoms with Crippen molar-refractivity contribution in [3.63, 3.8) is 0 Å². The van der Waals surface area contributed by atoms with Crippen molar-refractivity contribution in [3.05, 3.63) is 11.6 Å². The summed E-state index contributed by atoms with van der Waals surface area (Å²) >= 11 is 0. The van der Waals surface area contributed by atoms with Gasteiger partial charge in [0.05, 0.1) is 6.61 Å². The van der Waals surface area contributed by atoms with Gasteiger partial charge in [-0.05, 0) is 31.8 Å². The molecule has 0 aromatic carbocycles. The molecule has 1 N–H and O–H groups in total. The first kappa shape index (κ1) is 7.32. The van der Waals surface area contributed by atoms with Gasteiger partial charge in [0.2, 0.25) is 0 Å². The Morgan fingerprint density at radius 1 is 1.45 bits per heavy atom. The summed E-state index contributed by atoms with van der Waals surface area (Å²) in [6.07, 6.45) is 4.62. The van der Waals surface area contributed by atoms with E-state index < -0.39 is 0 Å². The highest BCUT2D eigenvalue weighted by Crippen LogP contribution is 2.31. The molecular weight excluding hydrogens is 138 g/mol. The van der Waals surface area contributed by atoms with E-state index in [0.29, 0.717) is 0 Å². The summed E-state index contributed by atoms with van der Waals surface area (Å²) in [6.45, 7) is 3.88. The normalized spacial score (nSPS) is 39.9. The Bertz CT molecular complexity index is 168. The minimum absolute atomic E-state index is 0.222. The third kappa shape index (κ3) is 1.33. The molecule has 3 fully saturated rings. The SMILES string of the molecule is OC/C=C1/CN2CCC1CC2. The predicted molar refractivity (Wildman–Crippen MR) is 44.3 cm³/mol. The highest BCUT2D eigenvalue weighted by atomic mass is 16.2. The van der Waals surface area contributed by atoms with Crippen LogP contribution in [-0.4, -0.2) is 36.2 Å². The van der Waals surface area contributed by atoms with Crippen LogP contribution in [0.1, 0.15) is 12.8 Å². The molecule has 0 aromatic rings. The largest absolute Gasteiger partial charge is 0.392 e. The van der Waals surface area contributed by atoms with Crippen LogP contribution in [0.2, 0.25) is 0 Å². The Morgan fingerprint density at radius 3 is 2.64 bits per heavy atom. The van der Waals surface area contributed by atoms with Crippen molar-refractivity contribution in [1.29, 1.82) is 0 Å². The predicted octanol–water partition coefficient (Wildman–Crippen LogP) is 0.631. The first-order valence-corrected chi connectivity index (χ1v) is 4.42. The molecule has 0 aromatic heterocycles. The summed E-state index contributed by atoms with van der Waals surface area (Å²) in [7, 11) is 0. The number of aliphatic hydroxyl groups is 1. The van der Waals surface area contributed by atoms with Crippen LogP contribution in [0.3, 0.4) is 0 Å². The van der Waals surface area contributed by atoms with Crippen LogP contribution in [-0.2, 0) is 0 Å². The number of piperidine rings is 3. The van der Waals surface area contributed by atoms with E-state index in [4.69, 9.17) is 5.11 Å². The van der Waals surface area contributed by atoms with E-state index in [1.54, 1.807) is 0 Å². The lowest BCUT2D eigenvalue weighted by Crippen LogP contribution is -2.43. The first-order chi connectivity index (χ1) is 5.40. The minimum atomic E-state index is 0.222. The average Bonchev–Trinajstić information content (AvgIpc) is 2.07. The molecule has 2 heteroatoms.